The summed E-state index contributed by atoms with van der Waals surface area (Å²) >= 11 is 0. The Bertz CT molecular complexity index is 353. The smallest absolute Gasteiger partial charge is 0.0611 e. The Hall–Kier alpha value is -0.900. The SMILES string of the molecule is CC(C)NC(C)(CO)CCOCCCc1ccccc1. The van der Waals surface area contributed by atoms with Crippen LogP contribution in [-0.4, -0.2) is 36.5 Å². The van der Waals surface area contributed by atoms with Gasteiger partial charge >= 0.3 is 0 Å². The molecule has 0 bridgehead atoms. The molecular weight excluding hydrogens is 250 g/mol. The van der Waals surface area contributed by atoms with Crippen LogP contribution in [0.1, 0.15) is 39.2 Å². The Morgan fingerprint density at radius 2 is 1.90 bits per heavy atom. The summed E-state index contributed by atoms with van der Waals surface area (Å²) in [5.74, 6) is 0. The van der Waals surface area contributed by atoms with Gasteiger partial charge in [0.25, 0.3) is 0 Å². The molecule has 0 saturated heterocycles. The van der Waals surface area contributed by atoms with Gasteiger partial charge in [0.05, 0.1) is 6.61 Å². The summed E-state index contributed by atoms with van der Waals surface area (Å²) < 4.78 is 5.68. The van der Waals surface area contributed by atoms with Gasteiger partial charge in [-0.25, -0.2) is 0 Å². The highest BCUT2D eigenvalue weighted by atomic mass is 16.5. The highest BCUT2D eigenvalue weighted by Gasteiger charge is 2.23. The van der Waals surface area contributed by atoms with Crippen LogP contribution in [0.5, 0.6) is 0 Å². The third kappa shape index (κ3) is 7.04. The average molecular weight is 279 g/mol. The molecule has 3 heteroatoms. The molecule has 0 radical (unpaired) electrons. The topological polar surface area (TPSA) is 41.5 Å². The van der Waals surface area contributed by atoms with E-state index in [1.807, 2.05) is 13.0 Å². The molecule has 0 aliphatic carbocycles. The number of rotatable bonds is 10. The van der Waals surface area contributed by atoms with Crippen LogP contribution in [0.3, 0.4) is 0 Å². The number of aliphatic hydroxyl groups excluding tert-OH is 1. The van der Waals surface area contributed by atoms with Gasteiger partial charge in [-0.3, -0.25) is 0 Å². The van der Waals surface area contributed by atoms with Crippen LogP contribution in [0, 0.1) is 0 Å². The summed E-state index contributed by atoms with van der Waals surface area (Å²) in [6.07, 6.45) is 2.92. The maximum Gasteiger partial charge on any atom is 0.0611 e. The molecule has 1 aromatic carbocycles. The molecule has 0 spiro atoms. The molecule has 0 fully saturated rings. The maximum atomic E-state index is 9.47. The van der Waals surface area contributed by atoms with E-state index in [-0.39, 0.29) is 12.1 Å². The second kappa shape index (κ2) is 9.11. The first-order valence-corrected chi connectivity index (χ1v) is 7.56. The van der Waals surface area contributed by atoms with Gasteiger partial charge in [-0.05, 0) is 31.7 Å². The Morgan fingerprint density at radius 3 is 2.50 bits per heavy atom. The first-order valence-electron chi connectivity index (χ1n) is 7.56. The molecule has 3 nitrogen and oxygen atoms in total. The fraction of sp³-hybridized carbons (Fsp3) is 0.647. The Kier molecular flexibility index (Phi) is 7.82. The van der Waals surface area contributed by atoms with Crippen LogP contribution in [-0.2, 0) is 11.2 Å². The molecule has 0 saturated carbocycles. The summed E-state index contributed by atoms with van der Waals surface area (Å²) in [5, 5.41) is 12.9. The van der Waals surface area contributed by atoms with Crippen molar-refractivity contribution in [2.24, 2.45) is 0 Å². The molecule has 2 N–H and O–H groups in total. The molecule has 0 aliphatic heterocycles. The first kappa shape index (κ1) is 17.2. The van der Waals surface area contributed by atoms with Crippen molar-refractivity contribution in [3.05, 3.63) is 35.9 Å². The maximum absolute atomic E-state index is 9.47. The van der Waals surface area contributed by atoms with Gasteiger partial charge in [0.1, 0.15) is 0 Å². The molecule has 0 amide bonds. The van der Waals surface area contributed by atoms with E-state index in [0.29, 0.717) is 12.6 Å². The molecule has 20 heavy (non-hydrogen) atoms. The van der Waals surface area contributed by atoms with Gasteiger partial charge < -0.3 is 15.2 Å². The number of aliphatic hydroxyl groups is 1. The number of hydrogen-bond donors (Lipinski definition) is 2. The lowest BCUT2D eigenvalue weighted by Crippen LogP contribution is -2.49. The van der Waals surface area contributed by atoms with Gasteiger partial charge in [0.2, 0.25) is 0 Å². The minimum Gasteiger partial charge on any atom is -0.394 e. The molecule has 0 aliphatic rings. The van der Waals surface area contributed by atoms with E-state index in [1.54, 1.807) is 0 Å². The van der Waals surface area contributed by atoms with Crippen molar-refractivity contribution in [1.82, 2.24) is 5.32 Å². The van der Waals surface area contributed by atoms with Crippen molar-refractivity contribution in [2.75, 3.05) is 19.8 Å². The zero-order valence-corrected chi connectivity index (χ0v) is 13.1. The van der Waals surface area contributed by atoms with E-state index in [4.69, 9.17) is 4.74 Å². The minimum absolute atomic E-state index is 0.137. The largest absolute Gasteiger partial charge is 0.394 e. The third-order valence-corrected chi connectivity index (χ3v) is 3.38. The Balaban J connectivity index is 2.12. The van der Waals surface area contributed by atoms with Crippen LogP contribution in [0.2, 0.25) is 0 Å². The minimum atomic E-state index is -0.242. The van der Waals surface area contributed by atoms with Gasteiger partial charge in [0, 0.05) is 24.8 Å². The average Bonchev–Trinajstić information content (AvgIpc) is 2.43. The molecule has 1 atom stereocenters. The highest BCUT2D eigenvalue weighted by molar-refractivity contribution is 5.14. The van der Waals surface area contributed by atoms with Gasteiger partial charge in [-0.1, -0.05) is 44.2 Å². The molecule has 1 aromatic rings. The molecule has 1 unspecified atom stereocenters. The molecular formula is C17H29NO2. The van der Waals surface area contributed by atoms with Crippen molar-refractivity contribution in [1.29, 1.82) is 0 Å². The lowest BCUT2D eigenvalue weighted by atomic mass is 9.98. The van der Waals surface area contributed by atoms with E-state index in [2.05, 4.69) is 43.4 Å². The molecule has 1 rings (SSSR count). The van der Waals surface area contributed by atoms with Crippen molar-refractivity contribution in [3.8, 4) is 0 Å². The fourth-order valence-electron chi connectivity index (χ4n) is 2.32. The predicted octanol–water partition coefficient (Wildman–Crippen LogP) is 2.77. The van der Waals surface area contributed by atoms with Crippen LogP contribution in [0.15, 0.2) is 30.3 Å². The van der Waals surface area contributed by atoms with Crippen LogP contribution < -0.4 is 5.32 Å². The second-order valence-corrected chi connectivity index (χ2v) is 5.97. The summed E-state index contributed by atoms with van der Waals surface area (Å²) in [4.78, 5) is 0. The number of nitrogens with one attached hydrogen (secondary N) is 1. The van der Waals surface area contributed by atoms with E-state index in [1.165, 1.54) is 5.56 Å². The van der Waals surface area contributed by atoms with Crippen molar-refractivity contribution < 1.29 is 9.84 Å². The quantitative estimate of drug-likeness (QED) is 0.647. The summed E-state index contributed by atoms with van der Waals surface area (Å²) in [5.41, 5.74) is 1.12. The van der Waals surface area contributed by atoms with Crippen molar-refractivity contribution in [2.45, 2.75) is 51.6 Å². The fourth-order valence-corrected chi connectivity index (χ4v) is 2.32. The normalized spacial score (nSPS) is 14.4. The lowest BCUT2D eigenvalue weighted by Gasteiger charge is -2.31. The van der Waals surface area contributed by atoms with Crippen LogP contribution in [0.4, 0.5) is 0 Å². The molecule has 0 heterocycles. The van der Waals surface area contributed by atoms with Crippen molar-refractivity contribution >= 4 is 0 Å². The second-order valence-electron chi connectivity index (χ2n) is 5.97. The molecule has 114 valence electrons. The Labute approximate surface area is 123 Å². The highest BCUT2D eigenvalue weighted by Crippen LogP contribution is 2.10. The zero-order chi connectivity index (χ0) is 14.8. The first-order chi connectivity index (χ1) is 9.56. The summed E-state index contributed by atoms with van der Waals surface area (Å²) in [7, 11) is 0. The van der Waals surface area contributed by atoms with E-state index < -0.39 is 0 Å². The third-order valence-electron chi connectivity index (χ3n) is 3.38. The monoisotopic (exact) mass is 279 g/mol. The van der Waals surface area contributed by atoms with E-state index in [0.717, 1.165) is 25.9 Å². The van der Waals surface area contributed by atoms with E-state index >= 15 is 0 Å². The number of hydrogen-bond acceptors (Lipinski definition) is 3. The summed E-state index contributed by atoms with van der Waals surface area (Å²) in [6.45, 7) is 7.83. The van der Waals surface area contributed by atoms with Gasteiger partial charge in [-0.15, -0.1) is 0 Å². The van der Waals surface area contributed by atoms with E-state index in [9.17, 15) is 5.11 Å². The standard InChI is InChI=1S/C17H29NO2/c1-15(2)18-17(3,14-19)11-13-20-12-7-10-16-8-5-4-6-9-16/h4-6,8-9,15,18-19H,7,10-14H2,1-3H3. The number of benzene rings is 1. The Morgan fingerprint density at radius 1 is 1.20 bits per heavy atom. The van der Waals surface area contributed by atoms with Gasteiger partial charge in [0.15, 0.2) is 0 Å². The predicted molar refractivity (Wildman–Crippen MR) is 84.0 cm³/mol. The lowest BCUT2D eigenvalue weighted by molar-refractivity contribution is 0.0823. The van der Waals surface area contributed by atoms with Crippen molar-refractivity contribution in [3.63, 3.8) is 0 Å². The molecule has 0 aromatic heterocycles. The van der Waals surface area contributed by atoms with Crippen LogP contribution in [0.25, 0.3) is 0 Å². The summed E-state index contributed by atoms with van der Waals surface area (Å²) in [6, 6.07) is 10.8. The van der Waals surface area contributed by atoms with Crippen LogP contribution >= 0.6 is 0 Å². The van der Waals surface area contributed by atoms with Gasteiger partial charge in [-0.2, -0.15) is 0 Å². The number of aryl methyl sites for hydroxylation is 1. The zero-order valence-electron chi connectivity index (χ0n) is 13.1. The number of ether oxygens (including phenoxy) is 1.